The number of halogens is 3. The number of aromatic nitrogens is 3. The summed E-state index contributed by atoms with van der Waals surface area (Å²) in [4.78, 5) is 40.7. The van der Waals surface area contributed by atoms with Crippen molar-refractivity contribution in [3.8, 4) is 16.9 Å². The van der Waals surface area contributed by atoms with Crippen LogP contribution < -0.4 is 16.4 Å². The molecule has 36 heavy (non-hydrogen) atoms. The Morgan fingerprint density at radius 1 is 0.972 bits per heavy atom. The van der Waals surface area contributed by atoms with E-state index < -0.39 is 23.5 Å². The summed E-state index contributed by atoms with van der Waals surface area (Å²) in [7, 11) is 0. The Morgan fingerprint density at radius 2 is 1.72 bits per heavy atom. The van der Waals surface area contributed by atoms with Gasteiger partial charge in [0.1, 0.15) is 11.6 Å². The number of primary amides is 1. The van der Waals surface area contributed by atoms with Crippen molar-refractivity contribution in [2.24, 2.45) is 5.73 Å². The van der Waals surface area contributed by atoms with Gasteiger partial charge in [0.25, 0.3) is 11.8 Å². The summed E-state index contributed by atoms with van der Waals surface area (Å²) in [5.74, 6) is -2.37. The minimum Gasteiger partial charge on any atom is -0.368 e. The average molecular weight is 527 g/mol. The van der Waals surface area contributed by atoms with Crippen molar-refractivity contribution in [1.29, 1.82) is 0 Å². The number of benzene rings is 2. The molecule has 0 radical (unpaired) electrons. The van der Waals surface area contributed by atoms with Gasteiger partial charge in [0.15, 0.2) is 5.69 Å². The maximum atomic E-state index is 13.3. The Morgan fingerprint density at radius 3 is 2.39 bits per heavy atom. The normalized spacial score (nSPS) is 10.6. The molecule has 9 nitrogen and oxygen atoms in total. The summed E-state index contributed by atoms with van der Waals surface area (Å²) >= 11 is 12.6. The van der Waals surface area contributed by atoms with Crippen LogP contribution in [0, 0.1) is 5.82 Å². The Bertz CT molecular complexity index is 1460. The quantitative estimate of drug-likeness (QED) is 0.336. The topological polar surface area (TPSA) is 132 Å². The maximum absolute atomic E-state index is 13.3. The summed E-state index contributed by atoms with van der Waals surface area (Å²) in [6.45, 7) is -0.376. The molecule has 3 amide bonds. The molecule has 182 valence electrons. The van der Waals surface area contributed by atoms with E-state index in [2.05, 4.69) is 20.7 Å². The Hall–Kier alpha value is -4.28. The molecule has 0 aliphatic rings. The van der Waals surface area contributed by atoms with Crippen LogP contribution in [0.2, 0.25) is 10.0 Å². The van der Waals surface area contributed by atoms with Crippen LogP contribution in [-0.4, -0.2) is 39.0 Å². The molecule has 2 heterocycles. The number of nitrogens with zero attached hydrogens (tertiary/aromatic N) is 3. The molecule has 2 aromatic carbocycles. The van der Waals surface area contributed by atoms with Crippen molar-refractivity contribution >= 4 is 46.7 Å². The Balaban J connectivity index is 1.69. The molecular formula is C24H17Cl2FN6O3. The van der Waals surface area contributed by atoms with E-state index in [0.717, 1.165) is 6.20 Å². The molecule has 0 unspecified atom stereocenters. The van der Waals surface area contributed by atoms with Gasteiger partial charge in [-0.15, -0.1) is 0 Å². The highest BCUT2D eigenvalue weighted by Gasteiger charge is 2.21. The minimum absolute atomic E-state index is 0.0581. The van der Waals surface area contributed by atoms with Crippen LogP contribution in [-0.2, 0) is 4.79 Å². The number of rotatable bonds is 7. The van der Waals surface area contributed by atoms with Gasteiger partial charge in [0, 0.05) is 11.6 Å². The van der Waals surface area contributed by atoms with Gasteiger partial charge in [0.2, 0.25) is 5.91 Å². The second-order valence-electron chi connectivity index (χ2n) is 7.44. The summed E-state index contributed by atoms with van der Waals surface area (Å²) < 4.78 is 14.7. The molecule has 0 bridgehead atoms. The monoisotopic (exact) mass is 526 g/mol. The number of anilines is 1. The third kappa shape index (κ3) is 5.51. The zero-order chi connectivity index (χ0) is 25.8. The van der Waals surface area contributed by atoms with Gasteiger partial charge >= 0.3 is 0 Å². The molecule has 0 aliphatic carbocycles. The second-order valence-corrected chi connectivity index (χ2v) is 8.25. The lowest BCUT2D eigenvalue weighted by Gasteiger charge is -2.12. The lowest BCUT2D eigenvalue weighted by molar-refractivity contribution is -0.117. The third-order valence-electron chi connectivity index (χ3n) is 4.91. The molecule has 0 saturated heterocycles. The molecule has 0 atom stereocenters. The van der Waals surface area contributed by atoms with E-state index in [1.54, 1.807) is 30.3 Å². The second kappa shape index (κ2) is 10.5. The predicted molar refractivity (Wildman–Crippen MR) is 133 cm³/mol. The molecular weight excluding hydrogens is 510 g/mol. The number of hydrogen-bond donors (Lipinski definition) is 3. The molecule has 12 heteroatoms. The van der Waals surface area contributed by atoms with Crippen LogP contribution in [0.3, 0.4) is 0 Å². The molecule has 0 spiro atoms. The third-order valence-corrected chi connectivity index (χ3v) is 5.54. The summed E-state index contributed by atoms with van der Waals surface area (Å²) in [5, 5.41) is 9.58. The summed E-state index contributed by atoms with van der Waals surface area (Å²) in [6.07, 6.45) is 1.03. The van der Waals surface area contributed by atoms with Gasteiger partial charge in [-0.25, -0.2) is 9.07 Å². The van der Waals surface area contributed by atoms with Gasteiger partial charge in [-0.1, -0.05) is 41.4 Å². The van der Waals surface area contributed by atoms with Crippen LogP contribution >= 0.6 is 23.2 Å². The number of amides is 3. The van der Waals surface area contributed by atoms with Crippen molar-refractivity contribution in [2.75, 3.05) is 11.9 Å². The number of para-hydroxylation sites is 1. The maximum Gasteiger partial charge on any atom is 0.272 e. The fraction of sp³-hybridized carbons (Fsp3) is 0.0417. The fourth-order valence-electron chi connectivity index (χ4n) is 3.24. The standard InChI is InChI=1S/C24H17Cl2FN6O3/c25-17-9-18(26)16(8-15(17)19-7-6-13(27)11-29-19)23(35)31-22-10-20(24(36)30-12-21(28)34)32-33(22)14-4-2-1-3-5-14/h1-11H,12H2,(H2,28,34)(H,30,36)(H,31,35). The minimum atomic E-state index is -0.719. The van der Waals surface area contributed by atoms with Crippen molar-refractivity contribution in [2.45, 2.75) is 0 Å². The van der Waals surface area contributed by atoms with Crippen LogP contribution in [0.15, 0.2) is 66.9 Å². The van der Waals surface area contributed by atoms with E-state index >= 15 is 0 Å². The van der Waals surface area contributed by atoms with Crippen molar-refractivity contribution < 1.29 is 18.8 Å². The van der Waals surface area contributed by atoms with Crippen LogP contribution in [0.25, 0.3) is 16.9 Å². The smallest absolute Gasteiger partial charge is 0.272 e. The average Bonchev–Trinajstić information content (AvgIpc) is 3.27. The number of nitrogens with two attached hydrogens (primary N) is 1. The fourth-order valence-corrected chi connectivity index (χ4v) is 3.81. The number of carbonyl (C=O) groups excluding carboxylic acids is 3. The largest absolute Gasteiger partial charge is 0.368 e. The zero-order valence-corrected chi connectivity index (χ0v) is 19.8. The highest BCUT2D eigenvalue weighted by Crippen LogP contribution is 2.32. The number of nitrogens with one attached hydrogen (secondary N) is 2. The predicted octanol–water partition coefficient (Wildman–Crippen LogP) is 3.85. The molecule has 4 rings (SSSR count). The lowest BCUT2D eigenvalue weighted by atomic mass is 10.1. The van der Waals surface area contributed by atoms with E-state index in [1.165, 1.54) is 35.0 Å². The van der Waals surface area contributed by atoms with Gasteiger partial charge in [-0.05, 0) is 36.4 Å². The SMILES string of the molecule is NC(=O)CNC(=O)c1cc(NC(=O)c2cc(-c3ccc(F)cn3)c(Cl)cc2Cl)n(-c2ccccc2)n1. The van der Waals surface area contributed by atoms with Gasteiger partial charge < -0.3 is 16.4 Å². The highest BCUT2D eigenvalue weighted by molar-refractivity contribution is 6.38. The number of hydrogen-bond acceptors (Lipinski definition) is 5. The molecule has 4 aromatic rings. The van der Waals surface area contributed by atoms with Crippen LogP contribution in [0.1, 0.15) is 20.8 Å². The zero-order valence-electron chi connectivity index (χ0n) is 18.3. The molecule has 0 saturated carbocycles. The summed E-state index contributed by atoms with van der Waals surface area (Å²) in [5.41, 5.74) is 6.35. The first-order chi connectivity index (χ1) is 17.2. The van der Waals surface area contributed by atoms with Crippen molar-refractivity contribution in [1.82, 2.24) is 20.1 Å². The summed E-state index contributed by atoms with van der Waals surface area (Å²) in [6, 6.07) is 15.6. The van der Waals surface area contributed by atoms with Crippen molar-refractivity contribution in [3.63, 3.8) is 0 Å². The Labute approximate surface area is 214 Å². The van der Waals surface area contributed by atoms with Gasteiger partial charge in [0.05, 0.1) is 39.7 Å². The van der Waals surface area contributed by atoms with E-state index in [1.807, 2.05) is 0 Å². The first kappa shape index (κ1) is 24.8. The van der Waals surface area contributed by atoms with Crippen molar-refractivity contribution in [3.05, 3.63) is 94.0 Å². The number of carbonyl (C=O) groups is 3. The highest BCUT2D eigenvalue weighted by atomic mass is 35.5. The molecule has 0 fully saturated rings. The first-order valence-electron chi connectivity index (χ1n) is 10.4. The van der Waals surface area contributed by atoms with Crippen LogP contribution in [0.5, 0.6) is 0 Å². The number of pyridine rings is 1. The molecule has 2 aromatic heterocycles. The van der Waals surface area contributed by atoms with E-state index in [9.17, 15) is 18.8 Å². The van der Waals surface area contributed by atoms with Gasteiger partial charge in [-0.3, -0.25) is 19.4 Å². The van der Waals surface area contributed by atoms with E-state index in [4.69, 9.17) is 28.9 Å². The molecule has 0 aliphatic heterocycles. The van der Waals surface area contributed by atoms with E-state index in [-0.39, 0.29) is 33.7 Å². The lowest BCUT2D eigenvalue weighted by Crippen LogP contribution is -2.33. The first-order valence-corrected chi connectivity index (χ1v) is 11.1. The van der Waals surface area contributed by atoms with Gasteiger partial charge in [-0.2, -0.15) is 5.10 Å². The molecule has 4 N–H and O–H groups in total. The Kier molecular flexibility index (Phi) is 7.28. The van der Waals surface area contributed by atoms with Crippen LogP contribution in [0.4, 0.5) is 10.2 Å². The van der Waals surface area contributed by atoms with E-state index in [0.29, 0.717) is 16.9 Å².